The van der Waals surface area contributed by atoms with Crippen LogP contribution in [-0.2, 0) is 9.59 Å². The van der Waals surface area contributed by atoms with Crippen molar-refractivity contribution in [2.75, 3.05) is 6.61 Å². The van der Waals surface area contributed by atoms with Crippen molar-refractivity contribution in [1.29, 1.82) is 0 Å². The Hall–Kier alpha value is -2.28. The first-order chi connectivity index (χ1) is 10.4. The van der Waals surface area contributed by atoms with Crippen molar-refractivity contribution < 1.29 is 19.1 Å². The van der Waals surface area contributed by atoms with Crippen LogP contribution in [0.5, 0.6) is 5.75 Å². The first-order valence-corrected chi connectivity index (χ1v) is 7.48. The number of thioether (sulfide) groups is 1. The SMILES string of the molecule is CC(C)N1C(=O)S/C(=C\c2ccc(OCC(N)=O)cc2)C1=O. The van der Waals surface area contributed by atoms with Crippen LogP contribution in [0.3, 0.4) is 0 Å². The molecular formula is C15H16N2O4S. The second kappa shape index (κ2) is 6.65. The van der Waals surface area contributed by atoms with Crippen molar-refractivity contribution in [2.45, 2.75) is 19.9 Å². The van der Waals surface area contributed by atoms with Crippen LogP contribution in [0.25, 0.3) is 6.08 Å². The van der Waals surface area contributed by atoms with Gasteiger partial charge in [-0.15, -0.1) is 0 Å². The lowest BCUT2D eigenvalue weighted by Gasteiger charge is -2.16. The number of hydrogen-bond donors (Lipinski definition) is 1. The summed E-state index contributed by atoms with van der Waals surface area (Å²) in [5.41, 5.74) is 5.76. The van der Waals surface area contributed by atoms with E-state index < -0.39 is 5.91 Å². The second-order valence-electron chi connectivity index (χ2n) is 4.97. The van der Waals surface area contributed by atoms with Crippen LogP contribution >= 0.6 is 11.8 Å². The Balaban J connectivity index is 2.11. The molecule has 1 aliphatic heterocycles. The van der Waals surface area contributed by atoms with E-state index in [0.29, 0.717) is 10.7 Å². The van der Waals surface area contributed by atoms with Crippen LogP contribution in [0.1, 0.15) is 19.4 Å². The Morgan fingerprint density at radius 1 is 1.32 bits per heavy atom. The number of benzene rings is 1. The largest absolute Gasteiger partial charge is 0.484 e. The van der Waals surface area contributed by atoms with E-state index in [9.17, 15) is 14.4 Å². The van der Waals surface area contributed by atoms with E-state index in [1.54, 1.807) is 44.2 Å². The molecule has 22 heavy (non-hydrogen) atoms. The van der Waals surface area contributed by atoms with Crippen LogP contribution in [0, 0.1) is 0 Å². The first kappa shape index (κ1) is 16.1. The minimum absolute atomic E-state index is 0.164. The topological polar surface area (TPSA) is 89.7 Å². The van der Waals surface area contributed by atoms with Gasteiger partial charge in [-0.2, -0.15) is 0 Å². The van der Waals surface area contributed by atoms with E-state index in [1.807, 2.05) is 0 Å². The van der Waals surface area contributed by atoms with Crippen molar-refractivity contribution in [1.82, 2.24) is 4.90 Å². The van der Waals surface area contributed by atoms with Gasteiger partial charge in [-0.1, -0.05) is 12.1 Å². The van der Waals surface area contributed by atoms with Gasteiger partial charge in [-0.25, -0.2) is 0 Å². The third kappa shape index (κ3) is 3.67. The van der Waals surface area contributed by atoms with Gasteiger partial charge in [0, 0.05) is 6.04 Å². The fourth-order valence-corrected chi connectivity index (χ4v) is 2.85. The average molecular weight is 320 g/mol. The molecule has 2 rings (SSSR count). The molecule has 0 saturated carbocycles. The minimum atomic E-state index is -0.550. The molecule has 6 nitrogen and oxygen atoms in total. The molecule has 116 valence electrons. The standard InChI is InChI=1S/C15H16N2O4S/c1-9(2)17-14(19)12(22-15(17)20)7-10-3-5-11(6-4-10)21-8-13(16)18/h3-7,9H,8H2,1-2H3,(H2,16,18)/b12-7-. The lowest BCUT2D eigenvalue weighted by atomic mass is 10.2. The van der Waals surface area contributed by atoms with Crippen molar-refractivity contribution in [3.63, 3.8) is 0 Å². The Labute approximate surface area is 132 Å². The van der Waals surface area contributed by atoms with Gasteiger partial charge < -0.3 is 10.5 Å². The molecule has 0 unspecified atom stereocenters. The smallest absolute Gasteiger partial charge is 0.293 e. The number of rotatable bonds is 5. The van der Waals surface area contributed by atoms with Gasteiger partial charge in [-0.3, -0.25) is 19.3 Å². The average Bonchev–Trinajstić information content (AvgIpc) is 2.72. The van der Waals surface area contributed by atoms with Crippen molar-refractivity contribution in [2.24, 2.45) is 5.73 Å². The fraction of sp³-hybridized carbons (Fsp3) is 0.267. The summed E-state index contributed by atoms with van der Waals surface area (Å²) in [6.07, 6.45) is 1.66. The maximum atomic E-state index is 12.1. The summed E-state index contributed by atoms with van der Waals surface area (Å²) in [6, 6.07) is 6.64. The number of carbonyl (C=O) groups excluding carboxylic acids is 3. The summed E-state index contributed by atoms with van der Waals surface area (Å²) in [6.45, 7) is 3.40. The van der Waals surface area contributed by atoms with Crippen LogP contribution in [0.4, 0.5) is 4.79 Å². The molecule has 0 aliphatic carbocycles. The molecule has 3 amide bonds. The Morgan fingerprint density at radius 3 is 2.45 bits per heavy atom. The molecule has 1 aromatic rings. The molecule has 1 saturated heterocycles. The Kier molecular flexibility index (Phi) is 4.87. The summed E-state index contributed by atoms with van der Waals surface area (Å²) in [5.74, 6) is -0.322. The van der Waals surface area contributed by atoms with Crippen LogP contribution in [0.15, 0.2) is 29.2 Å². The monoisotopic (exact) mass is 320 g/mol. The molecule has 0 bridgehead atoms. The normalized spacial score (nSPS) is 16.7. The van der Waals surface area contributed by atoms with Crippen LogP contribution in [-0.4, -0.2) is 34.6 Å². The highest BCUT2D eigenvalue weighted by atomic mass is 32.2. The zero-order valence-electron chi connectivity index (χ0n) is 12.2. The molecule has 7 heteroatoms. The van der Waals surface area contributed by atoms with Gasteiger partial charge in [0.15, 0.2) is 6.61 Å². The number of ether oxygens (including phenoxy) is 1. The highest BCUT2D eigenvalue weighted by Gasteiger charge is 2.36. The van der Waals surface area contributed by atoms with Crippen molar-refractivity contribution in [3.05, 3.63) is 34.7 Å². The Morgan fingerprint density at radius 2 is 1.95 bits per heavy atom. The molecule has 2 N–H and O–H groups in total. The predicted octanol–water partition coefficient (Wildman–Crippen LogP) is 2.00. The summed E-state index contributed by atoms with van der Waals surface area (Å²) in [4.78, 5) is 36.2. The number of nitrogens with zero attached hydrogens (tertiary/aromatic N) is 1. The third-order valence-corrected chi connectivity index (χ3v) is 3.78. The molecule has 1 aromatic carbocycles. The molecular weight excluding hydrogens is 304 g/mol. The van der Waals surface area contributed by atoms with E-state index in [4.69, 9.17) is 10.5 Å². The number of hydrogen-bond acceptors (Lipinski definition) is 5. The lowest BCUT2D eigenvalue weighted by molar-refractivity contribution is -0.124. The molecule has 1 heterocycles. The van der Waals surface area contributed by atoms with E-state index >= 15 is 0 Å². The predicted molar refractivity (Wildman–Crippen MR) is 84.1 cm³/mol. The fourth-order valence-electron chi connectivity index (χ4n) is 1.89. The third-order valence-electron chi connectivity index (χ3n) is 2.90. The zero-order valence-corrected chi connectivity index (χ0v) is 13.1. The zero-order chi connectivity index (χ0) is 16.3. The highest BCUT2D eigenvalue weighted by Crippen LogP contribution is 2.33. The maximum absolute atomic E-state index is 12.1. The number of imide groups is 1. The van der Waals surface area contributed by atoms with Gasteiger partial charge in [0.05, 0.1) is 4.91 Å². The molecule has 1 fully saturated rings. The van der Waals surface area contributed by atoms with Crippen LogP contribution in [0.2, 0.25) is 0 Å². The van der Waals surface area contributed by atoms with Crippen molar-refractivity contribution >= 4 is 34.9 Å². The highest BCUT2D eigenvalue weighted by molar-refractivity contribution is 8.18. The Bertz CT molecular complexity index is 637. The van der Waals surface area contributed by atoms with Gasteiger partial charge >= 0.3 is 0 Å². The first-order valence-electron chi connectivity index (χ1n) is 6.66. The van der Waals surface area contributed by atoms with Gasteiger partial charge in [-0.05, 0) is 49.4 Å². The molecule has 0 aromatic heterocycles. The molecule has 0 atom stereocenters. The van der Waals surface area contributed by atoms with Crippen LogP contribution < -0.4 is 10.5 Å². The summed E-state index contributed by atoms with van der Waals surface area (Å²) >= 11 is 0.929. The van der Waals surface area contributed by atoms with E-state index in [2.05, 4.69) is 0 Å². The second-order valence-corrected chi connectivity index (χ2v) is 5.96. The number of primary amides is 1. The lowest BCUT2D eigenvalue weighted by Crippen LogP contribution is -2.34. The quantitative estimate of drug-likeness (QED) is 0.838. The summed E-state index contributed by atoms with van der Waals surface area (Å²) in [7, 11) is 0. The number of carbonyl (C=O) groups is 3. The van der Waals surface area contributed by atoms with Gasteiger partial charge in [0.25, 0.3) is 17.1 Å². The molecule has 0 spiro atoms. The van der Waals surface area contributed by atoms with Crippen molar-refractivity contribution in [3.8, 4) is 5.75 Å². The summed E-state index contributed by atoms with van der Waals surface area (Å²) < 4.78 is 5.15. The van der Waals surface area contributed by atoms with E-state index in [0.717, 1.165) is 17.3 Å². The number of nitrogens with two attached hydrogens (primary N) is 1. The van der Waals surface area contributed by atoms with E-state index in [-0.39, 0.29) is 23.8 Å². The molecule has 1 aliphatic rings. The van der Waals surface area contributed by atoms with Gasteiger partial charge in [0.1, 0.15) is 5.75 Å². The maximum Gasteiger partial charge on any atom is 0.293 e. The van der Waals surface area contributed by atoms with Gasteiger partial charge in [0.2, 0.25) is 0 Å². The minimum Gasteiger partial charge on any atom is -0.484 e. The number of amides is 3. The van der Waals surface area contributed by atoms with E-state index in [1.165, 1.54) is 4.90 Å². The molecule has 0 radical (unpaired) electrons. The summed E-state index contributed by atoms with van der Waals surface area (Å²) in [5, 5.41) is -0.257.